The maximum absolute atomic E-state index is 3.91. The van der Waals surface area contributed by atoms with Crippen LogP contribution in [0.15, 0.2) is 73.3 Å². The molecular weight excluding hydrogens is 218 g/mol. The van der Waals surface area contributed by atoms with Crippen molar-refractivity contribution in [3.8, 4) is 0 Å². The van der Waals surface area contributed by atoms with Crippen LogP contribution in [0.5, 0.6) is 0 Å². The van der Waals surface area contributed by atoms with E-state index in [1.807, 2.05) is 18.2 Å². The Morgan fingerprint density at radius 3 is 2.00 bits per heavy atom. The van der Waals surface area contributed by atoms with E-state index in [-0.39, 0.29) is 0 Å². The molecule has 18 heavy (non-hydrogen) atoms. The van der Waals surface area contributed by atoms with Gasteiger partial charge in [0.1, 0.15) is 0 Å². The van der Waals surface area contributed by atoms with E-state index in [0.29, 0.717) is 6.04 Å². The summed E-state index contributed by atoms with van der Waals surface area (Å²) in [5, 5.41) is 3.52. The number of hydrogen-bond donors (Lipinski definition) is 1. The topological polar surface area (TPSA) is 12.0 Å². The van der Waals surface area contributed by atoms with Gasteiger partial charge in [0.2, 0.25) is 0 Å². The summed E-state index contributed by atoms with van der Waals surface area (Å²) in [7, 11) is 0. The van der Waals surface area contributed by atoms with Crippen LogP contribution < -0.4 is 5.32 Å². The summed E-state index contributed by atoms with van der Waals surface area (Å²) in [5.41, 5.74) is 2.64. The van der Waals surface area contributed by atoms with Gasteiger partial charge in [-0.1, -0.05) is 66.7 Å². The predicted octanol–water partition coefficient (Wildman–Crippen LogP) is 3.57. The molecule has 2 aromatic rings. The smallest absolute Gasteiger partial charge is 0.0291 e. The average molecular weight is 237 g/mol. The first-order valence-electron chi connectivity index (χ1n) is 6.32. The molecule has 0 heterocycles. The summed E-state index contributed by atoms with van der Waals surface area (Å²) in [6.45, 7) is 4.79. The van der Waals surface area contributed by atoms with E-state index in [0.717, 1.165) is 13.0 Å². The summed E-state index contributed by atoms with van der Waals surface area (Å²) in [4.78, 5) is 0. The molecule has 1 heteroatoms. The average Bonchev–Trinajstić information content (AvgIpc) is 2.45. The zero-order valence-electron chi connectivity index (χ0n) is 10.5. The van der Waals surface area contributed by atoms with Crippen LogP contribution in [0.2, 0.25) is 0 Å². The van der Waals surface area contributed by atoms with Gasteiger partial charge in [-0.3, -0.25) is 0 Å². The Labute approximate surface area is 109 Å². The third-order valence-corrected chi connectivity index (χ3v) is 2.99. The van der Waals surface area contributed by atoms with Gasteiger partial charge in [0.15, 0.2) is 0 Å². The van der Waals surface area contributed by atoms with E-state index in [1.165, 1.54) is 11.1 Å². The van der Waals surface area contributed by atoms with Crippen molar-refractivity contribution in [3.63, 3.8) is 0 Å². The van der Waals surface area contributed by atoms with Crippen LogP contribution in [-0.4, -0.2) is 6.04 Å². The zero-order chi connectivity index (χ0) is 12.6. The normalized spacial score (nSPS) is 12.0. The molecule has 0 aliphatic heterocycles. The maximum atomic E-state index is 3.91. The second kappa shape index (κ2) is 6.77. The van der Waals surface area contributed by atoms with Gasteiger partial charge >= 0.3 is 0 Å². The fourth-order valence-electron chi connectivity index (χ4n) is 1.95. The quantitative estimate of drug-likeness (QED) is 0.757. The molecule has 0 fully saturated rings. The van der Waals surface area contributed by atoms with E-state index in [2.05, 4.69) is 60.4 Å². The third kappa shape index (κ3) is 3.86. The number of rotatable bonds is 6. The minimum Gasteiger partial charge on any atom is -0.306 e. The molecule has 1 unspecified atom stereocenters. The summed E-state index contributed by atoms with van der Waals surface area (Å²) >= 11 is 0. The number of hydrogen-bond acceptors (Lipinski definition) is 1. The molecule has 1 nitrogen and oxygen atoms in total. The molecule has 0 radical (unpaired) electrons. The van der Waals surface area contributed by atoms with Crippen molar-refractivity contribution in [1.29, 1.82) is 0 Å². The highest BCUT2D eigenvalue weighted by Gasteiger charge is 2.04. The lowest BCUT2D eigenvalue weighted by Gasteiger charge is -2.15. The molecule has 0 aliphatic carbocycles. The van der Waals surface area contributed by atoms with Crippen molar-refractivity contribution in [2.75, 3.05) is 0 Å². The van der Waals surface area contributed by atoms with Crippen LogP contribution in [0.1, 0.15) is 11.1 Å². The van der Waals surface area contributed by atoms with Crippen LogP contribution >= 0.6 is 0 Å². The predicted molar refractivity (Wildman–Crippen MR) is 77.4 cm³/mol. The van der Waals surface area contributed by atoms with Gasteiger partial charge in [-0.15, -0.1) is 6.58 Å². The highest BCUT2D eigenvalue weighted by Crippen LogP contribution is 2.05. The second-order valence-electron chi connectivity index (χ2n) is 4.40. The first-order valence-corrected chi connectivity index (χ1v) is 6.32. The Balaban J connectivity index is 1.88. The molecule has 0 saturated carbocycles. The molecule has 1 N–H and O–H groups in total. The molecule has 2 rings (SSSR count). The molecule has 0 saturated heterocycles. The van der Waals surface area contributed by atoms with Crippen molar-refractivity contribution in [3.05, 3.63) is 84.4 Å². The zero-order valence-corrected chi connectivity index (χ0v) is 10.5. The van der Waals surface area contributed by atoms with Gasteiger partial charge in [-0.2, -0.15) is 0 Å². The highest BCUT2D eigenvalue weighted by atomic mass is 14.9. The van der Waals surface area contributed by atoms with Gasteiger partial charge in [-0.25, -0.2) is 0 Å². The van der Waals surface area contributed by atoms with Gasteiger partial charge < -0.3 is 5.32 Å². The fourth-order valence-corrected chi connectivity index (χ4v) is 1.95. The molecule has 0 spiro atoms. The van der Waals surface area contributed by atoms with Gasteiger partial charge in [0.05, 0.1) is 0 Å². The van der Waals surface area contributed by atoms with E-state index in [1.54, 1.807) is 0 Å². The Bertz CT molecular complexity index is 461. The van der Waals surface area contributed by atoms with Crippen LogP contribution in [0.3, 0.4) is 0 Å². The summed E-state index contributed by atoms with van der Waals surface area (Å²) in [6, 6.07) is 21.3. The summed E-state index contributed by atoms with van der Waals surface area (Å²) < 4.78 is 0. The maximum Gasteiger partial charge on any atom is 0.0291 e. The monoisotopic (exact) mass is 237 g/mol. The second-order valence-corrected chi connectivity index (χ2v) is 4.40. The fraction of sp³-hybridized carbons (Fsp3) is 0.176. The van der Waals surface area contributed by atoms with Crippen LogP contribution in [0.25, 0.3) is 0 Å². The Hall–Kier alpha value is -1.86. The standard InChI is InChI=1S/C17H19N/c1-2-17(13-15-9-5-3-6-10-15)18-14-16-11-7-4-8-12-16/h2-12,17-18H,1,13-14H2. The van der Waals surface area contributed by atoms with Crippen LogP contribution in [-0.2, 0) is 13.0 Å². The Morgan fingerprint density at radius 1 is 0.889 bits per heavy atom. The first kappa shape index (κ1) is 12.6. The lowest BCUT2D eigenvalue weighted by molar-refractivity contribution is 0.590. The summed E-state index contributed by atoms with van der Waals surface area (Å²) in [6.07, 6.45) is 2.97. The van der Waals surface area contributed by atoms with Gasteiger partial charge in [-0.05, 0) is 17.5 Å². The van der Waals surface area contributed by atoms with E-state index in [4.69, 9.17) is 0 Å². The Morgan fingerprint density at radius 2 is 1.44 bits per heavy atom. The van der Waals surface area contributed by atoms with Crippen LogP contribution in [0.4, 0.5) is 0 Å². The van der Waals surface area contributed by atoms with Crippen LogP contribution in [0, 0.1) is 0 Å². The third-order valence-electron chi connectivity index (χ3n) is 2.99. The molecule has 0 aliphatic rings. The Kier molecular flexibility index (Phi) is 4.74. The van der Waals surface area contributed by atoms with Crippen molar-refractivity contribution in [2.45, 2.75) is 19.0 Å². The van der Waals surface area contributed by atoms with E-state index < -0.39 is 0 Å². The summed E-state index contributed by atoms with van der Waals surface area (Å²) in [5.74, 6) is 0. The number of nitrogens with one attached hydrogen (secondary N) is 1. The largest absolute Gasteiger partial charge is 0.306 e. The highest BCUT2D eigenvalue weighted by molar-refractivity contribution is 5.18. The van der Waals surface area contributed by atoms with Crippen molar-refractivity contribution in [2.24, 2.45) is 0 Å². The number of benzene rings is 2. The molecule has 0 aromatic heterocycles. The van der Waals surface area contributed by atoms with Gasteiger partial charge in [0, 0.05) is 12.6 Å². The minimum atomic E-state index is 0.313. The van der Waals surface area contributed by atoms with E-state index in [9.17, 15) is 0 Å². The lowest BCUT2D eigenvalue weighted by Crippen LogP contribution is -2.28. The van der Waals surface area contributed by atoms with E-state index >= 15 is 0 Å². The lowest BCUT2D eigenvalue weighted by atomic mass is 10.1. The minimum absolute atomic E-state index is 0.313. The molecular formula is C17H19N. The van der Waals surface area contributed by atoms with Crippen molar-refractivity contribution in [1.82, 2.24) is 5.32 Å². The molecule has 1 atom stereocenters. The molecule has 92 valence electrons. The first-order chi connectivity index (χ1) is 8.88. The SMILES string of the molecule is C=CC(Cc1ccccc1)NCc1ccccc1. The van der Waals surface area contributed by atoms with Gasteiger partial charge in [0.25, 0.3) is 0 Å². The molecule has 2 aromatic carbocycles. The molecule has 0 amide bonds. The van der Waals surface area contributed by atoms with Crippen molar-refractivity contribution < 1.29 is 0 Å². The molecule has 0 bridgehead atoms. The van der Waals surface area contributed by atoms with Crippen molar-refractivity contribution >= 4 is 0 Å².